The molecular weight excluding hydrogens is 329 g/mol. The van der Waals surface area contributed by atoms with Crippen molar-refractivity contribution in [1.82, 2.24) is 14.7 Å². The van der Waals surface area contributed by atoms with Gasteiger partial charge in [0.2, 0.25) is 0 Å². The number of aromatic nitrogens is 3. The highest BCUT2D eigenvalue weighted by atomic mass is 35.5. The van der Waals surface area contributed by atoms with Crippen molar-refractivity contribution in [2.24, 2.45) is 0 Å². The third kappa shape index (κ3) is 1.89. The molecule has 112 valence electrons. The second kappa shape index (κ2) is 4.67. The van der Waals surface area contributed by atoms with Crippen molar-refractivity contribution in [3.63, 3.8) is 0 Å². The van der Waals surface area contributed by atoms with E-state index in [-0.39, 0.29) is 0 Å². The van der Waals surface area contributed by atoms with E-state index in [1.807, 2.05) is 25.4 Å². The topological polar surface area (TPSA) is 43.9 Å². The number of nitrogens with zero attached hydrogens (tertiary/aromatic N) is 3. The minimum Gasteiger partial charge on any atom is -0.360 e. The number of fused-ring (bicyclic) bond motifs is 6. The van der Waals surface area contributed by atoms with E-state index in [9.17, 15) is 0 Å². The lowest BCUT2D eigenvalue weighted by molar-refractivity contribution is 0.400. The molecule has 0 spiro atoms. The molecule has 0 aliphatic carbocycles. The molecule has 0 radical (unpaired) electrons. The maximum atomic E-state index is 6.44. The van der Waals surface area contributed by atoms with Crippen LogP contribution >= 0.6 is 19.8 Å². The van der Waals surface area contributed by atoms with Gasteiger partial charge in [-0.1, -0.05) is 22.8 Å². The molecule has 1 aliphatic rings. The van der Waals surface area contributed by atoms with Crippen LogP contribution in [0.25, 0.3) is 33.1 Å². The zero-order chi connectivity index (χ0) is 15.6. The largest absolute Gasteiger partial charge is 0.360 e. The minimum atomic E-state index is 0.685. The summed E-state index contributed by atoms with van der Waals surface area (Å²) in [5.41, 5.74) is 6.16. The maximum Gasteiger partial charge on any atom is 0.142 e. The van der Waals surface area contributed by atoms with Crippen molar-refractivity contribution in [3.05, 3.63) is 52.7 Å². The average Bonchev–Trinajstić information content (AvgIpc) is 3.12. The summed E-state index contributed by atoms with van der Waals surface area (Å²) in [5.74, 6) is 2.96. The smallest absolute Gasteiger partial charge is 0.142 e. The summed E-state index contributed by atoms with van der Waals surface area (Å²) in [6.45, 7) is 2.70. The molecule has 0 fully saturated rings. The van der Waals surface area contributed by atoms with E-state index in [0.29, 0.717) is 5.02 Å². The highest BCUT2D eigenvalue weighted by Crippen LogP contribution is 2.41. The van der Waals surface area contributed by atoms with Crippen LogP contribution in [0.4, 0.5) is 0 Å². The Kier molecular flexibility index (Phi) is 2.70. The van der Waals surface area contributed by atoms with E-state index >= 15 is 0 Å². The Labute approximate surface area is 138 Å². The number of imidazole rings is 1. The van der Waals surface area contributed by atoms with Gasteiger partial charge in [0.05, 0.1) is 22.4 Å². The third-order valence-corrected chi connectivity index (χ3v) is 5.59. The van der Waals surface area contributed by atoms with Gasteiger partial charge in [0, 0.05) is 12.1 Å². The van der Waals surface area contributed by atoms with Gasteiger partial charge >= 0.3 is 0 Å². The first-order chi connectivity index (χ1) is 11.2. The average molecular weight is 340 g/mol. The lowest BCUT2D eigenvalue weighted by Gasteiger charge is -2.12. The van der Waals surface area contributed by atoms with Crippen LogP contribution in [0.15, 0.2) is 40.9 Å². The molecule has 0 atom stereocenters. The van der Waals surface area contributed by atoms with Crippen LogP contribution in [0.1, 0.15) is 11.3 Å². The maximum absolute atomic E-state index is 6.44. The van der Waals surface area contributed by atoms with Crippen LogP contribution in [0, 0.1) is 6.92 Å². The van der Waals surface area contributed by atoms with Gasteiger partial charge in [-0.05, 0) is 50.2 Å². The van der Waals surface area contributed by atoms with Crippen molar-refractivity contribution in [3.8, 4) is 22.4 Å². The first-order valence-electron chi connectivity index (χ1n) is 7.27. The summed E-state index contributed by atoms with van der Waals surface area (Å²) in [6, 6.07) is 8.23. The molecule has 4 nitrogen and oxygen atoms in total. The van der Waals surface area contributed by atoms with Crippen LogP contribution in [-0.4, -0.2) is 14.7 Å². The fourth-order valence-electron chi connectivity index (χ4n) is 3.15. The standard InChI is InChI=1S/C17H11ClN3OP/c1-9-15-11-5-14-17(23-7-11)19-8-21(14)6-10-2-3-13(18)12(4-10)16(15)20-22-9/h2-5,7-8H,6H2,1H3. The Morgan fingerprint density at radius 3 is 3.13 bits per heavy atom. The molecule has 1 aliphatic heterocycles. The zero-order valence-electron chi connectivity index (χ0n) is 12.2. The zero-order valence-corrected chi connectivity index (χ0v) is 13.9. The Bertz CT molecular complexity index is 1080. The van der Waals surface area contributed by atoms with Crippen LogP contribution in [0.2, 0.25) is 5.02 Å². The van der Waals surface area contributed by atoms with E-state index in [2.05, 4.69) is 32.6 Å². The van der Waals surface area contributed by atoms with Gasteiger partial charge in [0.1, 0.15) is 16.7 Å². The third-order valence-electron chi connectivity index (χ3n) is 4.27. The quantitative estimate of drug-likeness (QED) is 0.386. The van der Waals surface area contributed by atoms with Crippen molar-refractivity contribution in [2.75, 3.05) is 0 Å². The van der Waals surface area contributed by atoms with Gasteiger partial charge in [0.15, 0.2) is 0 Å². The van der Waals surface area contributed by atoms with Gasteiger partial charge in [-0.25, -0.2) is 4.98 Å². The van der Waals surface area contributed by atoms with Gasteiger partial charge in [-0.15, -0.1) is 0 Å². The Balaban J connectivity index is 1.96. The fraction of sp³-hybridized carbons (Fsp3) is 0.118. The molecule has 0 saturated heterocycles. The molecule has 0 amide bonds. The molecule has 6 heteroatoms. The Morgan fingerprint density at radius 1 is 1.30 bits per heavy atom. The molecule has 4 heterocycles. The highest BCUT2D eigenvalue weighted by Gasteiger charge is 2.21. The normalized spacial score (nSPS) is 13.0. The van der Waals surface area contributed by atoms with Gasteiger partial charge < -0.3 is 9.09 Å². The van der Waals surface area contributed by atoms with E-state index in [0.717, 1.165) is 53.6 Å². The van der Waals surface area contributed by atoms with E-state index < -0.39 is 0 Å². The summed E-state index contributed by atoms with van der Waals surface area (Å²) in [7, 11) is 1.09. The first-order valence-corrected chi connectivity index (χ1v) is 8.61. The molecule has 0 N–H and O–H groups in total. The van der Waals surface area contributed by atoms with E-state index in [4.69, 9.17) is 16.1 Å². The Hall–Kier alpha value is -2.16. The monoisotopic (exact) mass is 339 g/mol. The minimum absolute atomic E-state index is 0.685. The van der Waals surface area contributed by atoms with Crippen molar-refractivity contribution >= 4 is 30.6 Å². The van der Waals surface area contributed by atoms with Gasteiger partial charge in [-0.2, -0.15) is 0 Å². The van der Waals surface area contributed by atoms with Crippen molar-refractivity contribution < 1.29 is 4.52 Å². The molecule has 3 aromatic heterocycles. The number of hydrogen-bond donors (Lipinski definition) is 0. The Morgan fingerprint density at radius 2 is 2.22 bits per heavy atom. The van der Waals surface area contributed by atoms with Crippen molar-refractivity contribution in [1.29, 1.82) is 0 Å². The molecule has 1 aromatic carbocycles. The number of hydrogen-bond acceptors (Lipinski definition) is 3. The summed E-state index contributed by atoms with van der Waals surface area (Å²) in [5, 5.41) is 6.05. The molecule has 0 saturated carbocycles. The molecule has 4 bridgehead atoms. The van der Waals surface area contributed by atoms with Crippen LogP contribution < -0.4 is 0 Å². The molecule has 0 unspecified atom stereocenters. The van der Waals surface area contributed by atoms with E-state index in [1.165, 1.54) is 5.56 Å². The predicted octanol–water partition coefficient (Wildman–Crippen LogP) is 5.26. The van der Waals surface area contributed by atoms with Crippen LogP contribution in [0.5, 0.6) is 0 Å². The number of halogens is 1. The van der Waals surface area contributed by atoms with E-state index in [1.54, 1.807) is 0 Å². The highest BCUT2D eigenvalue weighted by molar-refractivity contribution is 7.35. The second-order valence-electron chi connectivity index (χ2n) is 5.72. The van der Waals surface area contributed by atoms with Crippen LogP contribution in [0.3, 0.4) is 0 Å². The number of aryl methyl sites for hydroxylation is 1. The first kappa shape index (κ1) is 13.3. The number of rotatable bonds is 0. The molecule has 23 heavy (non-hydrogen) atoms. The summed E-state index contributed by atoms with van der Waals surface area (Å²) < 4.78 is 7.67. The number of benzene rings is 1. The second-order valence-corrected chi connectivity index (χ2v) is 7.06. The molecule has 4 aromatic rings. The summed E-state index contributed by atoms with van der Waals surface area (Å²) in [6.07, 6.45) is 1.90. The lowest BCUT2D eigenvalue weighted by Crippen LogP contribution is -2.00. The van der Waals surface area contributed by atoms with Crippen LogP contribution in [-0.2, 0) is 6.54 Å². The fourth-order valence-corrected chi connectivity index (χ4v) is 4.27. The SMILES string of the molecule is Cc1onc2c1-c1cpc3ncn(c3c1)Cc1ccc(Cl)c-2c1. The van der Waals surface area contributed by atoms with Gasteiger partial charge in [0.25, 0.3) is 0 Å². The van der Waals surface area contributed by atoms with Gasteiger partial charge in [-0.3, -0.25) is 0 Å². The van der Waals surface area contributed by atoms with Crippen molar-refractivity contribution in [2.45, 2.75) is 13.5 Å². The summed E-state index contributed by atoms with van der Waals surface area (Å²) in [4.78, 5) is 4.53. The predicted molar refractivity (Wildman–Crippen MR) is 92.0 cm³/mol. The molecule has 5 rings (SSSR count). The summed E-state index contributed by atoms with van der Waals surface area (Å²) >= 11 is 6.44. The molecular formula is C17H11ClN3OP. The lowest BCUT2D eigenvalue weighted by atomic mass is 9.99.